The molecule has 0 aliphatic heterocycles. The van der Waals surface area contributed by atoms with Crippen LogP contribution in [0.25, 0.3) is 0 Å². The van der Waals surface area contributed by atoms with Gasteiger partial charge >= 0.3 is 0 Å². The minimum Gasteiger partial charge on any atom is -0.395 e. The van der Waals surface area contributed by atoms with Crippen LogP contribution in [0.4, 0.5) is 5.69 Å². The molecular weight excluding hydrogens is 232 g/mol. The Balaban J connectivity index is 2.91. The lowest BCUT2D eigenvalue weighted by molar-refractivity contribution is 0.288. The molecule has 0 aromatic heterocycles. The molecule has 0 bridgehead atoms. The average molecular weight is 250 g/mol. The minimum absolute atomic E-state index is 0.114. The molecule has 17 heavy (non-hydrogen) atoms. The van der Waals surface area contributed by atoms with Gasteiger partial charge in [-0.1, -0.05) is 12.1 Å². The first-order chi connectivity index (χ1) is 8.13. The Morgan fingerprint density at radius 2 is 2.24 bits per heavy atom. The van der Waals surface area contributed by atoms with Crippen LogP contribution in [-0.4, -0.2) is 29.3 Å². The predicted octanol–water partition coefficient (Wildman–Crippen LogP) is 2.39. The maximum atomic E-state index is 9.24. The molecule has 1 aromatic carbocycles. The Morgan fingerprint density at radius 3 is 2.76 bits per heavy atom. The number of rotatable bonds is 5. The number of hydrogen-bond acceptors (Lipinski definition) is 4. The zero-order valence-electron chi connectivity index (χ0n) is 10.4. The van der Waals surface area contributed by atoms with Crippen molar-refractivity contribution in [1.29, 1.82) is 5.26 Å². The van der Waals surface area contributed by atoms with Crippen LogP contribution < -0.4 is 5.32 Å². The molecule has 92 valence electrons. The maximum absolute atomic E-state index is 9.24. The number of thioether (sulfide) groups is 1. The van der Waals surface area contributed by atoms with E-state index in [1.54, 1.807) is 17.8 Å². The summed E-state index contributed by atoms with van der Waals surface area (Å²) in [6, 6.07) is 7.95. The molecule has 0 saturated heterocycles. The molecular formula is C13H18N2OS. The molecule has 0 fully saturated rings. The topological polar surface area (TPSA) is 56.0 Å². The third-order valence-electron chi connectivity index (χ3n) is 2.81. The van der Waals surface area contributed by atoms with Crippen molar-refractivity contribution in [2.24, 2.45) is 0 Å². The van der Waals surface area contributed by atoms with E-state index in [1.165, 1.54) is 0 Å². The van der Waals surface area contributed by atoms with E-state index >= 15 is 0 Å². The van der Waals surface area contributed by atoms with E-state index in [0.717, 1.165) is 11.3 Å². The van der Waals surface area contributed by atoms with E-state index in [4.69, 9.17) is 5.26 Å². The van der Waals surface area contributed by atoms with Crippen molar-refractivity contribution in [1.82, 2.24) is 0 Å². The molecule has 2 unspecified atom stereocenters. The van der Waals surface area contributed by atoms with Crippen molar-refractivity contribution in [3.05, 3.63) is 29.3 Å². The van der Waals surface area contributed by atoms with Crippen molar-refractivity contribution in [2.45, 2.75) is 25.1 Å². The summed E-state index contributed by atoms with van der Waals surface area (Å²) in [6.45, 7) is 4.12. The van der Waals surface area contributed by atoms with Gasteiger partial charge in [-0.3, -0.25) is 0 Å². The molecule has 0 heterocycles. The van der Waals surface area contributed by atoms with Gasteiger partial charge in [-0.25, -0.2) is 0 Å². The SMILES string of the molecule is CSC(CO)C(C)Nc1c(C)cccc1C#N. The number of hydrogen-bond donors (Lipinski definition) is 2. The second-order valence-electron chi connectivity index (χ2n) is 4.00. The lowest BCUT2D eigenvalue weighted by Gasteiger charge is -2.24. The number of nitrogens with zero attached hydrogens (tertiary/aromatic N) is 1. The number of aliphatic hydroxyl groups excluding tert-OH is 1. The Kier molecular flexibility index (Phi) is 5.33. The van der Waals surface area contributed by atoms with Gasteiger partial charge in [-0.2, -0.15) is 17.0 Å². The number of benzene rings is 1. The smallest absolute Gasteiger partial charge is 0.101 e. The molecule has 4 heteroatoms. The van der Waals surface area contributed by atoms with Gasteiger partial charge in [0, 0.05) is 11.3 Å². The van der Waals surface area contributed by atoms with Crippen molar-refractivity contribution in [2.75, 3.05) is 18.2 Å². The first-order valence-corrected chi connectivity index (χ1v) is 6.82. The molecule has 1 rings (SSSR count). The van der Waals surface area contributed by atoms with E-state index in [1.807, 2.05) is 32.2 Å². The van der Waals surface area contributed by atoms with Crippen molar-refractivity contribution in [3.8, 4) is 6.07 Å². The van der Waals surface area contributed by atoms with E-state index in [-0.39, 0.29) is 17.9 Å². The van der Waals surface area contributed by atoms with Gasteiger partial charge in [0.2, 0.25) is 0 Å². The highest BCUT2D eigenvalue weighted by Gasteiger charge is 2.17. The Labute approximate surface area is 107 Å². The molecule has 0 radical (unpaired) electrons. The van der Waals surface area contributed by atoms with Crippen molar-refractivity contribution < 1.29 is 5.11 Å². The predicted molar refractivity (Wildman–Crippen MR) is 73.4 cm³/mol. The molecule has 2 N–H and O–H groups in total. The second kappa shape index (κ2) is 6.53. The minimum atomic E-state index is 0.114. The molecule has 0 amide bonds. The van der Waals surface area contributed by atoms with E-state index in [9.17, 15) is 5.11 Å². The van der Waals surface area contributed by atoms with Crippen LogP contribution >= 0.6 is 11.8 Å². The van der Waals surface area contributed by atoms with Gasteiger partial charge in [0.05, 0.1) is 17.9 Å². The quantitative estimate of drug-likeness (QED) is 0.842. The van der Waals surface area contributed by atoms with Crippen LogP contribution in [0.5, 0.6) is 0 Å². The van der Waals surface area contributed by atoms with Crippen LogP contribution in [0.2, 0.25) is 0 Å². The van der Waals surface area contributed by atoms with E-state index < -0.39 is 0 Å². The fourth-order valence-corrected chi connectivity index (χ4v) is 2.34. The fraction of sp³-hybridized carbons (Fsp3) is 0.462. The summed E-state index contributed by atoms with van der Waals surface area (Å²) in [6.07, 6.45) is 1.97. The number of nitriles is 1. The molecule has 0 aliphatic carbocycles. The summed E-state index contributed by atoms with van der Waals surface area (Å²) < 4.78 is 0. The summed E-state index contributed by atoms with van der Waals surface area (Å²) in [5.41, 5.74) is 2.57. The number of anilines is 1. The maximum Gasteiger partial charge on any atom is 0.101 e. The van der Waals surface area contributed by atoms with Crippen molar-refractivity contribution in [3.63, 3.8) is 0 Å². The highest BCUT2D eigenvalue weighted by molar-refractivity contribution is 7.99. The van der Waals surface area contributed by atoms with Gasteiger partial charge in [-0.05, 0) is 31.7 Å². The number of para-hydroxylation sites is 1. The van der Waals surface area contributed by atoms with Gasteiger partial charge in [0.15, 0.2) is 0 Å². The summed E-state index contributed by atoms with van der Waals surface area (Å²) in [5, 5.41) is 21.8. The van der Waals surface area contributed by atoms with Crippen molar-refractivity contribution >= 4 is 17.4 Å². The third-order valence-corrected chi connectivity index (χ3v) is 3.97. The van der Waals surface area contributed by atoms with Gasteiger partial charge in [-0.15, -0.1) is 0 Å². The fourth-order valence-electron chi connectivity index (χ4n) is 1.71. The molecule has 0 saturated carbocycles. The normalized spacial score (nSPS) is 13.8. The molecule has 0 spiro atoms. The highest BCUT2D eigenvalue weighted by Crippen LogP contribution is 2.23. The largest absolute Gasteiger partial charge is 0.395 e. The lowest BCUT2D eigenvalue weighted by atomic mass is 10.1. The van der Waals surface area contributed by atoms with Crippen LogP contribution in [0, 0.1) is 18.3 Å². The highest BCUT2D eigenvalue weighted by atomic mass is 32.2. The number of aliphatic hydroxyl groups is 1. The number of aryl methyl sites for hydroxylation is 1. The first kappa shape index (κ1) is 13.9. The van der Waals surface area contributed by atoms with Gasteiger partial charge in [0.1, 0.15) is 6.07 Å². The molecule has 1 aromatic rings. The Bertz CT molecular complexity index is 410. The third kappa shape index (κ3) is 3.39. The molecule has 2 atom stereocenters. The summed E-state index contributed by atoms with van der Waals surface area (Å²) in [7, 11) is 0. The van der Waals surface area contributed by atoms with E-state index in [0.29, 0.717) is 5.56 Å². The van der Waals surface area contributed by atoms with Gasteiger partial charge in [0.25, 0.3) is 0 Å². The second-order valence-corrected chi connectivity index (χ2v) is 5.08. The Hall–Kier alpha value is -1.18. The van der Waals surface area contributed by atoms with E-state index in [2.05, 4.69) is 11.4 Å². The molecule has 0 aliphatic rings. The summed E-state index contributed by atoms with van der Waals surface area (Å²) >= 11 is 1.62. The lowest BCUT2D eigenvalue weighted by Crippen LogP contribution is -2.31. The van der Waals surface area contributed by atoms with Gasteiger partial charge < -0.3 is 10.4 Å². The number of nitrogens with one attached hydrogen (secondary N) is 1. The summed E-state index contributed by atoms with van der Waals surface area (Å²) in [5.74, 6) is 0. The van der Waals surface area contributed by atoms with Crippen LogP contribution in [-0.2, 0) is 0 Å². The summed E-state index contributed by atoms with van der Waals surface area (Å²) in [4.78, 5) is 0. The zero-order valence-corrected chi connectivity index (χ0v) is 11.2. The first-order valence-electron chi connectivity index (χ1n) is 5.54. The monoisotopic (exact) mass is 250 g/mol. The standard InChI is InChI=1S/C13H18N2OS/c1-9-5-4-6-11(7-14)13(9)15-10(2)12(8-16)17-3/h4-6,10,12,15-16H,8H2,1-3H3. The van der Waals surface area contributed by atoms with Crippen LogP contribution in [0.1, 0.15) is 18.1 Å². The zero-order chi connectivity index (χ0) is 12.8. The van der Waals surface area contributed by atoms with Crippen LogP contribution in [0.3, 0.4) is 0 Å². The molecule has 3 nitrogen and oxygen atoms in total. The van der Waals surface area contributed by atoms with Crippen LogP contribution in [0.15, 0.2) is 18.2 Å². The Morgan fingerprint density at radius 1 is 1.53 bits per heavy atom. The average Bonchev–Trinajstić information content (AvgIpc) is 2.33.